The zero-order valence-corrected chi connectivity index (χ0v) is 12.0. The number of aliphatic hydroxyl groups excluding tert-OH is 1. The van der Waals surface area contributed by atoms with Crippen LogP contribution >= 0.6 is 0 Å². The van der Waals surface area contributed by atoms with Gasteiger partial charge in [-0.15, -0.1) is 0 Å². The molecule has 1 amide bonds. The highest BCUT2D eigenvalue weighted by molar-refractivity contribution is 5.94. The Bertz CT molecular complexity index is 452. The largest absolute Gasteiger partial charge is 0.396 e. The number of rotatable bonds is 4. The number of nitrogens with one attached hydrogen (secondary N) is 1. The number of aryl methyl sites for hydroxylation is 1. The zero-order valence-electron chi connectivity index (χ0n) is 12.0. The van der Waals surface area contributed by atoms with Crippen LogP contribution in [-0.4, -0.2) is 23.7 Å². The van der Waals surface area contributed by atoms with Crippen molar-refractivity contribution >= 4 is 5.91 Å². The molecule has 0 aliphatic heterocycles. The van der Waals surface area contributed by atoms with Crippen LogP contribution in [0.2, 0.25) is 0 Å². The van der Waals surface area contributed by atoms with Crippen LogP contribution in [0.25, 0.3) is 0 Å². The molecule has 0 saturated heterocycles. The molecule has 3 nitrogen and oxygen atoms in total. The van der Waals surface area contributed by atoms with E-state index in [0.717, 1.165) is 0 Å². The first-order valence-electron chi connectivity index (χ1n) is 6.43. The van der Waals surface area contributed by atoms with Gasteiger partial charge in [0.1, 0.15) is 5.82 Å². The maximum Gasteiger partial charge on any atom is 0.251 e. The molecule has 0 aliphatic rings. The van der Waals surface area contributed by atoms with Gasteiger partial charge in [0.15, 0.2) is 0 Å². The van der Waals surface area contributed by atoms with E-state index in [1.165, 1.54) is 18.2 Å². The van der Waals surface area contributed by atoms with E-state index in [1.807, 2.05) is 20.8 Å². The highest BCUT2D eigenvalue weighted by Gasteiger charge is 2.26. The van der Waals surface area contributed by atoms with Crippen molar-refractivity contribution in [2.24, 2.45) is 5.41 Å². The molecule has 4 heteroatoms. The summed E-state index contributed by atoms with van der Waals surface area (Å²) in [5.41, 5.74) is 0.737. The minimum atomic E-state index is -0.320. The fourth-order valence-electron chi connectivity index (χ4n) is 1.88. The van der Waals surface area contributed by atoms with E-state index in [0.29, 0.717) is 17.5 Å². The predicted molar refractivity (Wildman–Crippen MR) is 73.5 cm³/mol. The van der Waals surface area contributed by atoms with E-state index >= 15 is 0 Å². The molecule has 2 N–H and O–H groups in total. The summed E-state index contributed by atoms with van der Waals surface area (Å²) in [5.74, 6) is -0.559. The molecule has 19 heavy (non-hydrogen) atoms. The van der Waals surface area contributed by atoms with Gasteiger partial charge in [-0.05, 0) is 42.5 Å². The lowest BCUT2D eigenvalue weighted by Crippen LogP contribution is -2.44. The predicted octanol–water partition coefficient (Wildman–Crippen LogP) is 2.66. The fraction of sp³-hybridized carbons (Fsp3) is 0.533. The van der Waals surface area contributed by atoms with E-state index in [-0.39, 0.29) is 29.8 Å². The Kier molecular flexibility index (Phi) is 5.06. The number of carbonyl (C=O) groups is 1. The van der Waals surface area contributed by atoms with Crippen molar-refractivity contribution in [2.45, 2.75) is 40.2 Å². The second kappa shape index (κ2) is 6.15. The van der Waals surface area contributed by atoms with Crippen molar-refractivity contribution in [2.75, 3.05) is 6.61 Å². The number of aliphatic hydroxyl groups is 1. The highest BCUT2D eigenvalue weighted by Crippen LogP contribution is 2.22. The summed E-state index contributed by atoms with van der Waals surface area (Å²) in [5, 5.41) is 12.0. The van der Waals surface area contributed by atoms with Gasteiger partial charge in [-0.1, -0.05) is 20.8 Å². The van der Waals surface area contributed by atoms with Crippen molar-refractivity contribution in [1.29, 1.82) is 0 Å². The highest BCUT2D eigenvalue weighted by atomic mass is 19.1. The molecule has 0 heterocycles. The van der Waals surface area contributed by atoms with Gasteiger partial charge in [0.2, 0.25) is 0 Å². The molecular formula is C15H22FNO2. The third-order valence-corrected chi connectivity index (χ3v) is 3.19. The van der Waals surface area contributed by atoms with Gasteiger partial charge in [-0.2, -0.15) is 0 Å². The zero-order chi connectivity index (χ0) is 14.6. The minimum absolute atomic E-state index is 0.0185. The van der Waals surface area contributed by atoms with Crippen LogP contribution in [0.5, 0.6) is 0 Å². The van der Waals surface area contributed by atoms with Crippen molar-refractivity contribution in [1.82, 2.24) is 5.32 Å². The van der Waals surface area contributed by atoms with E-state index < -0.39 is 0 Å². The number of benzene rings is 1. The lowest BCUT2D eigenvalue weighted by molar-refractivity contribution is 0.0885. The smallest absolute Gasteiger partial charge is 0.251 e. The van der Waals surface area contributed by atoms with Gasteiger partial charge >= 0.3 is 0 Å². The summed E-state index contributed by atoms with van der Waals surface area (Å²) < 4.78 is 13.2. The van der Waals surface area contributed by atoms with Crippen molar-refractivity contribution in [3.63, 3.8) is 0 Å². The first-order valence-corrected chi connectivity index (χ1v) is 6.43. The van der Waals surface area contributed by atoms with Gasteiger partial charge in [0.05, 0.1) is 0 Å². The van der Waals surface area contributed by atoms with Crippen LogP contribution in [0.4, 0.5) is 4.39 Å². The summed E-state index contributed by atoms with van der Waals surface area (Å²) in [6.07, 6.45) is 0.495. The van der Waals surface area contributed by atoms with Gasteiger partial charge < -0.3 is 10.4 Å². The normalized spacial score (nSPS) is 13.2. The molecule has 0 aliphatic carbocycles. The molecule has 0 radical (unpaired) electrons. The Morgan fingerprint density at radius 1 is 1.42 bits per heavy atom. The van der Waals surface area contributed by atoms with Crippen LogP contribution in [0, 0.1) is 18.2 Å². The quantitative estimate of drug-likeness (QED) is 0.881. The maximum absolute atomic E-state index is 13.2. The Morgan fingerprint density at radius 3 is 2.53 bits per heavy atom. The number of carbonyl (C=O) groups excluding carboxylic acids is 1. The summed E-state index contributed by atoms with van der Waals surface area (Å²) in [4.78, 5) is 12.1. The third-order valence-electron chi connectivity index (χ3n) is 3.19. The van der Waals surface area contributed by atoms with E-state index in [1.54, 1.807) is 6.92 Å². The minimum Gasteiger partial charge on any atom is -0.396 e. The van der Waals surface area contributed by atoms with Gasteiger partial charge in [-0.3, -0.25) is 4.79 Å². The average molecular weight is 267 g/mol. The molecule has 0 fully saturated rings. The van der Waals surface area contributed by atoms with E-state index in [4.69, 9.17) is 5.11 Å². The van der Waals surface area contributed by atoms with Gasteiger partial charge in [0.25, 0.3) is 5.91 Å². The number of hydrogen-bond donors (Lipinski definition) is 2. The van der Waals surface area contributed by atoms with Crippen LogP contribution in [-0.2, 0) is 0 Å². The van der Waals surface area contributed by atoms with Crippen LogP contribution in [0.15, 0.2) is 18.2 Å². The topological polar surface area (TPSA) is 49.3 Å². The van der Waals surface area contributed by atoms with Crippen LogP contribution in [0.1, 0.15) is 43.1 Å². The van der Waals surface area contributed by atoms with Crippen molar-refractivity contribution < 1.29 is 14.3 Å². The molecule has 1 unspecified atom stereocenters. The summed E-state index contributed by atoms with van der Waals surface area (Å²) in [7, 11) is 0. The second-order valence-corrected chi connectivity index (χ2v) is 5.87. The summed E-state index contributed by atoms with van der Waals surface area (Å²) in [6, 6.07) is 4.16. The fourth-order valence-corrected chi connectivity index (χ4v) is 1.88. The SMILES string of the molecule is Cc1cc(C(=O)NC(CCO)C(C)(C)C)ccc1F. The van der Waals surface area contributed by atoms with E-state index in [9.17, 15) is 9.18 Å². The molecule has 0 spiro atoms. The molecule has 106 valence electrons. The van der Waals surface area contributed by atoms with Crippen LogP contribution < -0.4 is 5.32 Å². The molecule has 0 saturated carbocycles. The molecule has 0 bridgehead atoms. The van der Waals surface area contributed by atoms with Crippen molar-refractivity contribution in [3.05, 3.63) is 35.1 Å². The summed E-state index contributed by atoms with van der Waals surface area (Å²) in [6.45, 7) is 7.66. The first-order chi connectivity index (χ1) is 8.75. The molecular weight excluding hydrogens is 245 g/mol. The molecule has 1 atom stereocenters. The lowest BCUT2D eigenvalue weighted by atomic mass is 9.84. The Balaban J connectivity index is 2.84. The Morgan fingerprint density at radius 2 is 2.05 bits per heavy atom. The van der Waals surface area contributed by atoms with Crippen LogP contribution in [0.3, 0.4) is 0 Å². The first kappa shape index (κ1) is 15.6. The summed E-state index contributed by atoms with van der Waals surface area (Å²) >= 11 is 0. The Labute approximate surface area is 113 Å². The number of hydrogen-bond acceptors (Lipinski definition) is 2. The molecule has 1 rings (SSSR count). The third kappa shape index (κ3) is 4.31. The second-order valence-electron chi connectivity index (χ2n) is 5.87. The monoisotopic (exact) mass is 267 g/mol. The van der Waals surface area contributed by atoms with Crippen molar-refractivity contribution in [3.8, 4) is 0 Å². The lowest BCUT2D eigenvalue weighted by Gasteiger charge is -2.31. The van der Waals surface area contributed by atoms with E-state index in [2.05, 4.69) is 5.32 Å². The number of amides is 1. The standard InChI is InChI=1S/C15H22FNO2/c1-10-9-11(5-6-12(10)16)14(19)17-13(7-8-18)15(2,3)4/h5-6,9,13,18H,7-8H2,1-4H3,(H,17,19). The van der Waals surface area contributed by atoms with Gasteiger partial charge in [0, 0.05) is 18.2 Å². The van der Waals surface area contributed by atoms with Gasteiger partial charge in [-0.25, -0.2) is 4.39 Å². The Hall–Kier alpha value is -1.42. The molecule has 1 aromatic carbocycles. The molecule has 1 aromatic rings. The molecule has 0 aromatic heterocycles. The number of halogens is 1. The average Bonchev–Trinajstić information content (AvgIpc) is 2.30. The maximum atomic E-state index is 13.2.